The van der Waals surface area contributed by atoms with E-state index in [0.29, 0.717) is 11.6 Å². The van der Waals surface area contributed by atoms with Crippen molar-refractivity contribution in [1.82, 2.24) is 0 Å². The molecule has 0 aliphatic rings. The Balaban J connectivity index is 2.13. The van der Waals surface area contributed by atoms with Crippen molar-refractivity contribution >= 4 is 65.1 Å². The summed E-state index contributed by atoms with van der Waals surface area (Å²) >= 11 is 16.4. The fourth-order valence-corrected chi connectivity index (χ4v) is 3.82. The molecule has 6 heteroatoms. The van der Waals surface area contributed by atoms with Gasteiger partial charge in [0.25, 0.3) is 0 Å². The number of anilines is 1. The third-order valence-corrected chi connectivity index (χ3v) is 5.07. The van der Waals surface area contributed by atoms with E-state index >= 15 is 0 Å². The van der Waals surface area contributed by atoms with E-state index < -0.39 is 0 Å². The third-order valence-electron chi connectivity index (χ3n) is 2.68. The van der Waals surface area contributed by atoms with Gasteiger partial charge in [-0.05, 0) is 83.7 Å². The zero-order valence-electron chi connectivity index (χ0n) is 10.5. The maximum atomic E-state index is 5.97. The Morgan fingerprint density at radius 3 is 2.25 bits per heavy atom. The van der Waals surface area contributed by atoms with Crippen LogP contribution >= 0.6 is 59.4 Å². The molecule has 0 aliphatic carbocycles. The first-order valence-electron chi connectivity index (χ1n) is 5.72. The van der Waals surface area contributed by atoms with Crippen LogP contribution in [-0.2, 0) is 6.54 Å². The van der Waals surface area contributed by atoms with Crippen LogP contribution in [0.25, 0.3) is 0 Å². The first-order chi connectivity index (χ1) is 9.51. The quantitative estimate of drug-likeness (QED) is 0.554. The Morgan fingerprint density at radius 1 is 1.05 bits per heavy atom. The van der Waals surface area contributed by atoms with Crippen LogP contribution in [-0.4, -0.2) is 7.11 Å². The fourth-order valence-electron chi connectivity index (χ4n) is 1.72. The highest BCUT2D eigenvalue weighted by atomic mass is 79.9. The highest BCUT2D eigenvalue weighted by molar-refractivity contribution is 9.11. The van der Waals surface area contributed by atoms with Crippen molar-refractivity contribution in [3.05, 3.63) is 54.3 Å². The lowest BCUT2D eigenvalue weighted by molar-refractivity contribution is 0.409. The van der Waals surface area contributed by atoms with Gasteiger partial charge in [-0.15, -0.1) is 0 Å². The number of methoxy groups -OCH3 is 1. The lowest BCUT2D eigenvalue weighted by Gasteiger charge is -2.11. The zero-order chi connectivity index (χ0) is 14.7. The molecule has 1 N–H and O–H groups in total. The fraction of sp³-hybridized carbons (Fsp3) is 0.143. The molecule has 0 saturated heterocycles. The maximum Gasteiger partial charge on any atom is 0.147 e. The number of nitrogens with one attached hydrogen (secondary N) is 1. The highest BCUT2D eigenvalue weighted by Crippen LogP contribution is 2.34. The van der Waals surface area contributed by atoms with Gasteiger partial charge in [0.15, 0.2) is 0 Å². The van der Waals surface area contributed by atoms with Crippen LogP contribution in [0.2, 0.25) is 5.02 Å². The van der Waals surface area contributed by atoms with Gasteiger partial charge in [0, 0.05) is 16.7 Å². The normalized spacial score (nSPS) is 10.4. The summed E-state index contributed by atoms with van der Waals surface area (Å²) in [5, 5.41) is 4.05. The van der Waals surface area contributed by atoms with E-state index in [9.17, 15) is 0 Å². The van der Waals surface area contributed by atoms with Crippen molar-refractivity contribution in [2.45, 2.75) is 6.54 Å². The molecular weight excluding hydrogens is 473 g/mol. The van der Waals surface area contributed by atoms with Gasteiger partial charge in [-0.25, -0.2) is 0 Å². The van der Waals surface area contributed by atoms with Crippen LogP contribution in [0.3, 0.4) is 0 Å². The van der Waals surface area contributed by atoms with Gasteiger partial charge >= 0.3 is 0 Å². The van der Waals surface area contributed by atoms with Gasteiger partial charge in [0.2, 0.25) is 0 Å². The van der Waals surface area contributed by atoms with E-state index in [1.165, 1.54) is 0 Å². The second kappa shape index (κ2) is 7.16. The number of benzene rings is 2. The van der Waals surface area contributed by atoms with Gasteiger partial charge in [0.1, 0.15) is 5.75 Å². The van der Waals surface area contributed by atoms with Crippen molar-refractivity contribution in [2.75, 3.05) is 12.4 Å². The average Bonchev–Trinajstić information content (AvgIpc) is 2.40. The standard InChI is InChI=1S/C14H11Br3ClNO/c1-20-14-11(16)4-8(5-12(14)17)7-19-9-2-3-13(18)10(15)6-9/h2-6,19H,7H2,1H3. The number of ether oxygens (including phenoxy) is 1. The summed E-state index contributed by atoms with van der Waals surface area (Å²) in [6.45, 7) is 0.704. The van der Waals surface area contributed by atoms with Crippen molar-refractivity contribution in [3.63, 3.8) is 0 Å². The minimum atomic E-state index is 0.700. The molecule has 2 aromatic rings. The SMILES string of the molecule is COc1c(Br)cc(CNc2ccc(Cl)c(Br)c2)cc1Br. The summed E-state index contributed by atoms with van der Waals surface area (Å²) in [6.07, 6.45) is 0. The summed E-state index contributed by atoms with van der Waals surface area (Å²) in [6, 6.07) is 9.81. The predicted molar refractivity (Wildman–Crippen MR) is 94.9 cm³/mol. The first-order valence-corrected chi connectivity index (χ1v) is 8.48. The molecule has 0 fully saturated rings. The third kappa shape index (κ3) is 3.91. The van der Waals surface area contributed by atoms with Crippen LogP contribution in [0, 0.1) is 0 Å². The molecule has 106 valence electrons. The Hall–Kier alpha value is -0.230. The van der Waals surface area contributed by atoms with Crippen LogP contribution in [0.4, 0.5) is 5.69 Å². The van der Waals surface area contributed by atoms with Gasteiger partial charge in [-0.3, -0.25) is 0 Å². The van der Waals surface area contributed by atoms with E-state index in [1.807, 2.05) is 30.3 Å². The predicted octanol–water partition coefficient (Wildman–Crippen LogP) is 6.25. The highest BCUT2D eigenvalue weighted by Gasteiger charge is 2.08. The number of halogens is 4. The van der Waals surface area contributed by atoms with E-state index in [-0.39, 0.29) is 0 Å². The number of hydrogen-bond acceptors (Lipinski definition) is 2. The van der Waals surface area contributed by atoms with Crippen LogP contribution in [0.5, 0.6) is 5.75 Å². The van der Waals surface area contributed by atoms with Gasteiger partial charge in [-0.1, -0.05) is 11.6 Å². The van der Waals surface area contributed by atoms with E-state index in [1.54, 1.807) is 7.11 Å². The minimum Gasteiger partial charge on any atom is -0.494 e. The summed E-state index contributed by atoms with van der Waals surface area (Å²) in [5.74, 6) is 0.794. The lowest BCUT2D eigenvalue weighted by atomic mass is 10.2. The van der Waals surface area contributed by atoms with E-state index in [0.717, 1.165) is 30.4 Å². The molecule has 0 unspecified atom stereocenters. The Morgan fingerprint density at radius 2 is 1.70 bits per heavy atom. The van der Waals surface area contributed by atoms with Gasteiger partial charge < -0.3 is 10.1 Å². The largest absolute Gasteiger partial charge is 0.494 e. The monoisotopic (exact) mass is 481 g/mol. The Bertz CT molecular complexity index is 611. The second-order valence-corrected chi connectivity index (χ2v) is 7.05. The zero-order valence-corrected chi connectivity index (χ0v) is 16.0. The summed E-state index contributed by atoms with van der Waals surface area (Å²) in [7, 11) is 1.65. The molecular formula is C14H11Br3ClNO. The topological polar surface area (TPSA) is 21.3 Å². The van der Waals surface area contributed by atoms with Crippen molar-refractivity contribution in [1.29, 1.82) is 0 Å². The first kappa shape index (κ1) is 16.1. The van der Waals surface area contributed by atoms with Crippen molar-refractivity contribution in [3.8, 4) is 5.75 Å². The molecule has 0 atom stereocenters. The molecule has 0 aromatic heterocycles. The maximum absolute atomic E-state index is 5.97. The number of hydrogen-bond donors (Lipinski definition) is 1. The smallest absolute Gasteiger partial charge is 0.147 e. The van der Waals surface area contributed by atoms with Crippen molar-refractivity contribution in [2.24, 2.45) is 0 Å². The summed E-state index contributed by atoms with van der Waals surface area (Å²) < 4.78 is 8.00. The Kier molecular flexibility index (Phi) is 5.78. The molecule has 2 nitrogen and oxygen atoms in total. The molecule has 2 rings (SSSR count). The second-order valence-electron chi connectivity index (χ2n) is 4.08. The molecule has 0 saturated carbocycles. The van der Waals surface area contributed by atoms with Crippen molar-refractivity contribution < 1.29 is 4.74 Å². The van der Waals surface area contributed by atoms with Crippen LogP contribution in [0.15, 0.2) is 43.7 Å². The van der Waals surface area contributed by atoms with E-state index in [4.69, 9.17) is 16.3 Å². The summed E-state index contributed by atoms with van der Waals surface area (Å²) in [5.41, 5.74) is 2.14. The molecule has 0 bridgehead atoms. The minimum absolute atomic E-state index is 0.700. The van der Waals surface area contributed by atoms with E-state index in [2.05, 4.69) is 53.1 Å². The molecule has 0 amide bonds. The van der Waals surface area contributed by atoms with Crippen LogP contribution < -0.4 is 10.1 Å². The molecule has 0 heterocycles. The lowest BCUT2D eigenvalue weighted by Crippen LogP contribution is -2.00. The molecule has 0 aliphatic heterocycles. The van der Waals surface area contributed by atoms with Gasteiger partial charge in [0.05, 0.1) is 21.1 Å². The Labute approximate surface area is 148 Å². The molecule has 20 heavy (non-hydrogen) atoms. The number of rotatable bonds is 4. The molecule has 0 radical (unpaired) electrons. The van der Waals surface area contributed by atoms with Gasteiger partial charge in [-0.2, -0.15) is 0 Å². The average molecular weight is 484 g/mol. The molecule has 0 spiro atoms. The van der Waals surface area contributed by atoms with Crippen LogP contribution in [0.1, 0.15) is 5.56 Å². The summed E-state index contributed by atoms with van der Waals surface area (Å²) in [4.78, 5) is 0. The molecule has 2 aromatic carbocycles.